The number of amides is 2. The molecule has 124 valence electrons. The van der Waals surface area contributed by atoms with Gasteiger partial charge in [-0.15, -0.1) is 0 Å². The molecule has 1 aromatic carbocycles. The lowest BCUT2D eigenvalue weighted by Gasteiger charge is -2.31. The van der Waals surface area contributed by atoms with Gasteiger partial charge in [-0.2, -0.15) is 0 Å². The summed E-state index contributed by atoms with van der Waals surface area (Å²) in [5.74, 6) is 1.57. The monoisotopic (exact) mass is 323 g/mol. The topological polar surface area (TPSA) is 58.4 Å². The van der Waals surface area contributed by atoms with Crippen molar-refractivity contribution in [3.8, 4) is 0 Å². The zero-order valence-electron chi connectivity index (χ0n) is 13.5. The molecule has 5 rings (SSSR count). The van der Waals surface area contributed by atoms with Gasteiger partial charge in [0, 0.05) is 37.0 Å². The summed E-state index contributed by atoms with van der Waals surface area (Å²) in [4.78, 5) is 14.5. The van der Waals surface area contributed by atoms with E-state index in [-0.39, 0.29) is 6.03 Å². The van der Waals surface area contributed by atoms with Crippen molar-refractivity contribution < 1.29 is 9.32 Å². The number of fused-ring (bicyclic) bond motifs is 3. The molecule has 2 aliphatic carbocycles. The Morgan fingerprint density at radius 1 is 1.21 bits per heavy atom. The number of piperidine rings is 1. The van der Waals surface area contributed by atoms with E-state index >= 15 is 0 Å². The standard InChI is InChI=1S/C19H21N3O2/c23-19(22-8-5-12(6-9-22)16-7-10-24-21-16)20-18-15-11-13-3-1-2-4-14(13)17(15)18/h1-4,7,10,12,15,17-18H,5-6,8-9,11H2,(H,20,23)/t15-,17+,18+/m0/s1. The van der Waals surface area contributed by atoms with Crippen LogP contribution in [-0.2, 0) is 6.42 Å². The lowest BCUT2D eigenvalue weighted by molar-refractivity contribution is 0.179. The summed E-state index contributed by atoms with van der Waals surface area (Å²) in [5, 5.41) is 7.30. The highest BCUT2D eigenvalue weighted by molar-refractivity contribution is 5.75. The minimum atomic E-state index is 0.102. The SMILES string of the molecule is O=C(N[C@@H]1[C@H]2Cc3ccccc3[C@H]21)N1CCC(c2ccon2)CC1. The highest BCUT2D eigenvalue weighted by Crippen LogP contribution is 2.56. The van der Waals surface area contributed by atoms with Gasteiger partial charge in [0.05, 0.1) is 5.69 Å². The first-order valence-corrected chi connectivity index (χ1v) is 8.85. The van der Waals surface area contributed by atoms with E-state index in [4.69, 9.17) is 4.52 Å². The number of hydrogen-bond acceptors (Lipinski definition) is 3. The normalized spacial score (nSPS) is 28.3. The number of nitrogens with one attached hydrogen (secondary N) is 1. The molecule has 24 heavy (non-hydrogen) atoms. The Kier molecular flexibility index (Phi) is 3.15. The molecule has 0 spiro atoms. The molecule has 0 unspecified atom stereocenters. The van der Waals surface area contributed by atoms with Gasteiger partial charge in [-0.3, -0.25) is 0 Å². The molecule has 2 heterocycles. The Labute approximate surface area is 141 Å². The highest BCUT2D eigenvalue weighted by Gasteiger charge is 2.56. The minimum absolute atomic E-state index is 0.102. The third-order valence-electron chi connectivity index (χ3n) is 5.99. The Balaban J connectivity index is 1.17. The zero-order chi connectivity index (χ0) is 16.1. The van der Waals surface area contributed by atoms with E-state index in [1.165, 1.54) is 11.1 Å². The summed E-state index contributed by atoms with van der Waals surface area (Å²) < 4.78 is 4.93. The predicted octanol–water partition coefficient (Wildman–Crippen LogP) is 2.90. The van der Waals surface area contributed by atoms with E-state index in [1.807, 2.05) is 11.0 Å². The highest BCUT2D eigenvalue weighted by atomic mass is 16.5. The second-order valence-corrected chi connectivity index (χ2v) is 7.25. The van der Waals surface area contributed by atoms with Crippen molar-refractivity contribution in [2.45, 2.75) is 37.1 Å². The Morgan fingerprint density at radius 3 is 2.83 bits per heavy atom. The molecule has 0 radical (unpaired) electrons. The van der Waals surface area contributed by atoms with Crippen LogP contribution in [0.2, 0.25) is 0 Å². The second-order valence-electron chi connectivity index (χ2n) is 7.25. The number of likely N-dealkylation sites (tertiary alicyclic amines) is 1. The lowest BCUT2D eigenvalue weighted by atomic mass is 9.94. The summed E-state index contributed by atoms with van der Waals surface area (Å²) in [5.41, 5.74) is 3.92. The Hall–Kier alpha value is -2.30. The molecule has 1 aliphatic heterocycles. The van der Waals surface area contributed by atoms with Crippen LogP contribution in [0.1, 0.15) is 41.5 Å². The number of carbonyl (C=O) groups is 1. The van der Waals surface area contributed by atoms with Crippen LogP contribution in [-0.4, -0.2) is 35.2 Å². The zero-order valence-corrected chi connectivity index (χ0v) is 13.5. The van der Waals surface area contributed by atoms with Crippen molar-refractivity contribution in [1.29, 1.82) is 0 Å². The van der Waals surface area contributed by atoms with Crippen LogP contribution in [0.3, 0.4) is 0 Å². The first kappa shape index (κ1) is 14.1. The van der Waals surface area contributed by atoms with Gasteiger partial charge in [0.25, 0.3) is 0 Å². The average Bonchev–Trinajstić information content (AvgIpc) is 3.02. The van der Waals surface area contributed by atoms with Crippen LogP contribution in [0, 0.1) is 5.92 Å². The van der Waals surface area contributed by atoms with Gasteiger partial charge in [0.15, 0.2) is 0 Å². The van der Waals surface area contributed by atoms with Crippen molar-refractivity contribution in [3.05, 3.63) is 53.4 Å². The maximum atomic E-state index is 12.6. The maximum absolute atomic E-state index is 12.6. The summed E-state index contributed by atoms with van der Waals surface area (Å²) >= 11 is 0. The largest absolute Gasteiger partial charge is 0.365 e. The van der Waals surface area contributed by atoms with E-state index < -0.39 is 0 Å². The third-order valence-corrected chi connectivity index (χ3v) is 5.99. The van der Waals surface area contributed by atoms with E-state index in [9.17, 15) is 4.79 Å². The van der Waals surface area contributed by atoms with Crippen molar-refractivity contribution in [3.63, 3.8) is 0 Å². The smallest absolute Gasteiger partial charge is 0.317 e. The molecule has 1 aromatic heterocycles. The Bertz CT molecular complexity index is 750. The van der Waals surface area contributed by atoms with Gasteiger partial charge in [-0.05, 0) is 36.3 Å². The minimum Gasteiger partial charge on any atom is -0.365 e. The van der Waals surface area contributed by atoms with Crippen LogP contribution in [0.15, 0.2) is 41.1 Å². The van der Waals surface area contributed by atoms with Gasteiger partial charge in [0.1, 0.15) is 6.26 Å². The van der Waals surface area contributed by atoms with E-state index in [0.29, 0.717) is 23.8 Å². The number of aromatic nitrogens is 1. The lowest BCUT2D eigenvalue weighted by Crippen LogP contribution is -2.45. The molecular weight excluding hydrogens is 302 g/mol. The van der Waals surface area contributed by atoms with Crippen LogP contribution in [0.4, 0.5) is 4.79 Å². The molecule has 3 atom stereocenters. The van der Waals surface area contributed by atoms with E-state index in [2.05, 4.69) is 34.7 Å². The quantitative estimate of drug-likeness (QED) is 0.924. The summed E-state index contributed by atoms with van der Waals surface area (Å²) in [6, 6.07) is 11.0. The van der Waals surface area contributed by atoms with E-state index in [0.717, 1.165) is 38.0 Å². The van der Waals surface area contributed by atoms with Crippen LogP contribution >= 0.6 is 0 Å². The molecule has 5 nitrogen and oxygen atoms in total. The second kappa shape index (κ2) is 5.36. The average molecular weight is 323 g/mol. The summed E-state index contributed by atoms with van der Waals surface area (Å²) in [6.45, 7) is 1.59. The van der Waals surface area contributed by atoms with Crippen LogP contribution in [0.25, 0.3) is 0 Å². The van der Waals surface area contributed by atoms with Crippen molar-refractivity contribution in [1.82, 2.24) is 15.4 Å². The molecule has 2 amide bonds. The van der Waals surface area contributed by atoms with E-state index in [1.54, 1.807) is 6.26 Å². The molecule has 5 heteroatoms. The van der Waals surface area contributed by atoms with Crippen molar-refractivity contribution in [2.24, 2.45) is 5.92 Å². The van der Waals surface area contributed by atoms with Crippen molar-refractivity contribution in [2.75, 3.05) is 13.1 Å². The van der Waals surface area contributed by atoms with Crippen LogP contribution < -0.4 is 5.32 Å². The molecule has 2 fully saturated rings. The number of benzene rings is 1. The first-order chi connectivity index (χ1) is 11.8. The fourth-order valence-corrected chi connectivity index (χ4v) is 4.59. The maximum Gasteiger partial charge on any atom is 0.317 e. The summed E-state index contributed by atoms with van der Waals surface area (Å²) in [6.07, 6.45) is 4.65. The first-order valence-electron chi connectivity index (χ1n) is 8.85. The third kappa shape index (κ3) is 2.22. The number of carbonyl (C=O) groups excluding carboxylic acids is 1. The predicted molar refractivity (Wildman–Crippen MR) is 88.7 cm³/mol. The summed E-state index contributed by atoms with van der Waals surface area (Å²) in [7, 11) is 0. The molecule has 1 saturated heterocycles. The van der Waals surface area contributed by atoms with Gasteiger partial charge < -0.3 is 14.7 Å². The van der Waals surface area contributed by atoms with Gasteiger partial charge in [-0.1, -0.05) is 29.4 Å². The fraction of sp³-hybridized carbons (Fsp3) is 0.474. The van der Waals surface area contributed by atoms with Gasteiger partial charge in [-0.25, -0.2) is 4.79 Å². The van der Waals surface area contributed by atoms with Gasteiger partial charge in [0.2, 0.25) is 0 Å². The van der Waals surface area contributed by atoms with Crippen LogP contribution in [0.5, 0.6) is 0 Å². The molecular formula is C19H21N3O2. The molecule has 3 aliphatic rings. The Morgan fingerprint density at radius 2 is 2.04 bits per heavy atom. The van der Waals surface area contributed by atoms with Crippen molar-refractivity contribution >= 4 is 6.03 Å². The fourth-order valence-electron chi connectivity index (χ4n) is 4.59. The number of urea groups is 1. The number of nitrogens with zero attached hydrogens (tertiary/aromatic N) is 2. The molecule has 2 aromatic rings. The van der Waals surface area contributed by atoms with Gasteiger partial charge >= 0.3 is 6.03 Å². The molecule has 1 saturated carbocycles. The molecule has 1 N–H and O–H groups in total. The molecule has 0 bridgehead atoms. The number of rotatable bonds is 2. The number of hydrogen-bond donors (Lipinski definition) is 1.